The number of benzene rings is 2. The Morgan fingerprint density at radius 2 is 1.91 bits per heavy atom. The average Bonchev–Trinajstić information content (AvgIpc) is 3.22. The second kappa shape index (κ2) is 8.46. The zero-order valence-corrected chi connectivity index (χ0v) is 18.9. The summed E-state index contributed by atoms with van der Waals surface area (Å²) in [6.07, 6.45) is 1.51. The molecule has 1 aliphatic heterocycles. The molecular formula is C25H20ClFN4O3. The Morgan fingerprint density at radius 3 is 2.71 bits per heavy atom. The van der Waals surface area contributed by atoms with Gasteiger partial charge in [-0.2, -0.15) is 0 Å². The minimum absolute atomic E-state index is 0.133. The van der Waals surface area contributed by atoms with Crippen LogP contribution in [-0.2, 0) is 13.1 Å². The van der Waals surface area contributed by atoms with Gasteiger partial charge in [-0.25, -0.2) is 14.2 Å². The number of nitrogens with zero attached hydrogens (tertiary/aromatic N) is 3. The Hall–Kier alpha value is -3.91. The van der Waals surface area contributed by atoms with E-state index < -0.39 is 12.0 Å². The lowest BCUT2D eigenvalue weighted by Gasteiger charge is -2.21. The first-order chi connectivity index (χ1) is 16.3. The van der Waals surface area contributed by atoms with Crippen LogP contribution in [0.1, 0.15) is 40.0 Å². The van der Waals surface area contributed by atoms with Crippen LogP contribution in [0.4, 0.5) is 15.9 Å². The molecule has 172 valence electrons. The fourth-order valence-electron chi connectivity index (χ4n) is 4.29. The monoisotopic (exact) mass is 478 g/mol. The average molecular weight is 479 g/mol. The van der Waals surface area contributed by atoms with Crippen molar-refractivity contribution in [1.82, 2.24) is 9.38 Å². The van der Waals surface area contributed by atoms with Crippen molar-refractivity contribution < 1.29 is 14.3 Å². The molecule has 0 spiro atoms. The van der Waals surface area contributed by atoms with Crippen molar-refractivity contribution >= 4 is 34.7 Å². The first kappa shape index (κ1) is 21.9. The van der Waals surface area contributed by atoms with E-state index in [9.17, 15) is 19.1 Å². The number of halogens is 2. The minimum atomic E-state index is -1.05. The van der Waals surface area contributed by atoms with E-state index in [0.29, 0.717) is 40.8 Å². The molecule has 0 saturated heterocycles. The van der Waals surface area contributed by atoms with Gasteiger partial charge in [0.25, 0.3) is 5.56 Å². The molecule has 5 rings (SSSR count). The number of hydrogen-bond acceptors (Lipinski definition) is 5. The second-order valence-corrected chi connectivity index (χ2v) is 8.68. The fraction of sp³-hybridized carbons (Fsp3) is 0.160. The van der Waals surface area contributed by atoms with Gasteiger partial charge in [-0.1, -0.05) is 29.8 Å². The van der Waals surface area contributed by atoms with Gasteiger partial charge in [-0.05, 0) is 48.4 Å². The van der Waals surface area contributed by atoms with Gasteiger partial charge in [-0.15, -0.1) is 0 Å². The molecule has 2 aromatic heterocycles. The van der Waals surface area contributed by atoms with Gasteiger partial charge in [0.15, 0.2) is 0 Å². The predicted octanol–water partition coefficient (Wildman–Crippen LogP) is 4.88. The molecule has 1 atom stereocenters. The van der Waals surface area contributed by atoms with Crippen LogP contribution >= 0.6 is 11.6 Å². The molecule has 0 bridgehead atoms. The number of carboxylic acid groups (broad SMARTS) is 1. The maximum absolute atomic E-state index is 13.7. The number of carboxylic acids is 1. The lowest BCUT2D eigenvalue weighted by molar-refractivity contribution is 0.0698. The molecule has 0 fully saturated rings. The summed E-state index contributed by atoms with van der Waals surface area (Å²) in [6, 6.07) is 14.0. The summed E-state index contributed by atoms with van der Waals surface area (Å²) in [5.74, 6) is -0.873. The van der Waals surface area contributed by atoms with Crippen molar-refractivity contribution in [2.45, 2.75) is 26.1 Å². The predicted molar refractivity (Wildman–Crippen MR) is 128 cm³/mol. The molecule has 2 aromatic carbocycles. The molecule has 9 heteroatoms. The summed E-state index contributed by atoms with van der Waals surface area (Å²) in [7, 11) is 0. The number of fused-ring (bicyclic) bond motifs is 2. The number of aromatic nitrogens is 2. The number of para-hydroxylation sites is 1. The number of anilines is 2. The summed E-state index contributed by atoms with van der Waals surface area (Å²) in [4.78, 5) is 31.3. The molecule has 7 nitrogen and oxygen atoms in total. The zero-order chi connectivity index (χ0) is 24.0. The third-order valence-corrected chi connectivity index (χ3v) is 6.16. The Morgan fingerprint density at radius 1 is 1.15 bits per heavy atom. The number of nitrogens with one attached hydrogen (secondary N) is 1. The van der Waals surface area contributed by atoms with Crippen molar-refractivity contribution in [2.75, 3.05) is 10.2 Å². The maximum Gasteiger partial charge on any atom is 0.337 e. The summed E-state index contributed by atoms with van der Waals surface area (Å²) in [6.45, 7) is 2.80. The van der Waals surface area contributed by atoms with E-state index in [4.69, 9.17) is 16.6 Å². The van der Waals surface area contributed by atoms with Gasteiger partial charge in [-0.3, -0.25) is 9.20 Å². The minimum Gasteiger partial charge on any atom is -0.478 e. The first-order valence-electron chi connectivity index (χ1n) is 10.6. The highest BCUT2D eigenvalue weighted by molar-refractivity contribution is 6.30. The van der Waals surface area contributed by atoms with Gasteiger partial charge in [0.05, 0.1) is 16.6 Å². The summed E-state index contributed by atoms with van der Waals surface area (Å²) in [5.41, 5.74) is 3.16. The van der Waals surface area contributed by atoms with Crippen molar-refractivity contribution in [3.8, 4) is 0 Å². The zero-order valence-electron chi connectivity index (χ0n) is 18.1. The lowest BCUT2D eigenvalue weighted by atomic mass is 10.1. The highest BCUT2D eigenvalue weighted by Gasteiger charge is 2.23. The Kier molecular flexibility index (Phi) is 5.45. The molecular weight excluding hydrogens is 459 g/mol. The maximum atomic E-state index is 13.7. The first-order valence-corrected chi connectivity index (χ1v) is 11.0. The summed E-state index contributed by atoms with van der Waals surface area (Å²) < 4.78 is 15.0. The van der Waals surface area contributed by atoms with Crippen LogP contribution in [0.15, 0.2) is 65.6 Å². The van der Waals surface area contributed by atoms with Crippen molar-refractivity contribution in [1.29, 1.82) is 0 Å². The SMILES string of the molecule is C[C@@H](Nc1ccccc1C(=O)O)c1cc(Cl)cn2c(=O)cc(N3Cc4ccc(F)cc4C3)nc12. The molecule has 0 saturated carbocycles. The van der Waals surface area contributed by atoms with E-state index >= 15 is 0 Å². The standard InChI is InChI=1S/C25H20ClFN4O3/c1-14(28-21-5-3-2-4-19(21)25(33)34)20-9-17(26)13-31-23(32)10-22(29-24(20)31)30-11-15-6-7-18(27)8-16(15)12-30/h2-10,13-14,28H,11-12H2,1H3,(H,33,34)/t14-/m1/s1. The topological polar surface area (TPSA) is 86.9 Å². The van der Waals surface area contributed by atoms with Crippen LogP contribution in [0.3, 0.4) is 0 Å². The van der Waals surface area contributed by atoms with Gasteiger partial charge < -0.3 is 15.3 Å². The number of pyridine rings is 1. The molecule has 4 aromatic rings. The van der Waals surface area contributed by atoms with Gasteiger partial charge in [0.1, 0.15) is 17.3 Å². The van der Waals surface area contributed by atoms with E-state index in [2.05, 4.69) is 5.32 Å². The highest BCUT2D eigenvalue weighted by atomic mass is 35.5. The molecule has 0 radical (unpaired) electrons. The Labute approximate surface area is 199 Å². The molecule has 3 heterocycles. The second-order valence-electron chi connectivity index (χ2n) is 8.25. The Balaban J connectivity index is 1.56. The van der Waals surface area contributed by atoms with Crippen LogP contribution in [-0.4, -0.2) is 20.5 Å². The lowest BCUT2D eigenvalue weighted by Crippen LogP contribution is -2.23. The van der Waals surface area contributed by atoms with Crippen molar-refractivity contribution in [3.63, 3.8) is 0 Å². The summed E-state index contributed by atoms with van der Waals surface area (Å²) in [5, 5.41) is 13.1. The van der Waals surface area contributed by atoms with E-state index in [0.717, 1.165) is 11.1 Å². The molecule has 2 N–H and O–H groups in total. The quantitative estimate of drug-likeness (QED) is 0.425. The van der Waals surface area contributed by atoms with Crippen LogP contribution in [0.5, 0.6) is 0 Å². The van der Waals surface area contributed by atoms with Crippen LogP contribution in [0, 0.1) is 5.82 Å². The number of hydrogen-bond donors (Lipinski definition) is 2. The number of rotatable bonds is 5. The smallest absolute Gasteiger partial charge is 0.337 e. The number of carbonyl (C=O) groups is 1. The largest absolute Gasteiger partial charge is 0.478 e. The van der Waals surface area contributed by atoms with Gasteiger partial charge in [0.2, 0.25) is 0 Å². The van der Waals surface area contributed by atoms with E-state index in [1.807, 2.05) is 11.8 Å². The highest BCUT2D eigenvalue weighted by Crippen LogP contribution is 2.30. The van der Waals surface area contributed by atoms with E-state index in [1.54, 1.807) is 30.3 Å². The molecule has 34 heavy (non-hydrogen) atoms. The van der Waals surface area contributed by atoms with Gasteiger partial charge in [0, 0.05) is 36.6 Å². The van der Waals surface area contributed by atoms with E-state index in [-0.39, 0.29) is 16.9 Å². The number of aromatic carboxylic acids is 1. The molecule has 0 amide bonds. The van der Waals surface area contributed by atoms with Crippen molar-refractivity contribution in [2.24, 2.45) is 0 Å². The van der Waals surface area contributed by atoms with Gasteiger partial charge >= 0.3 is 5.97 Å². The third kappa shape index (κ3) is 3.97. The summed E-state index contributed by atoms with van der Waals surface area (Å²) >= 11 is 6.31. The molecule has 0 aliphatic carbocycles. The molecule has 0 unspecified atom stereocenters. The van der Waals surface area contributed by atoms with E-state index in [1.165, 1.54) is 34.9 Å². The molecule has 1 aliphatic rings. The van der Waals surface area contributed by atoms with Crippen molar-refractivity contribution in [3.05, 3.63) is 104 Å². The third-order valence-electron chi connectivity index (χ3n) is 5.95. The fourth-order valence-corrected chi connectivity index (χ4v) is 4.51. The van der Waals surface area contributed by atoms with Crippen LogP contribution < -0.4 is 15.8 Å². The normalized spacial score (nSPS) is 13.7. The van der Waals surface area contributed by atoms with Crippen LogP contribution in [0.2, 0.25) is 5.02 Å². The van der Waals surface area contributed by atoms with Crippen LogP contribution in [0.25, 0.3) is 5.65 Å². The Bertz CT molecular complexity index is 1500.